The molecule has 4 aliphatic rings. The predicted octanol–water partition coefficient (Wildman–Crippen LogP) is 0.0118. The number of likely N-dealkylation sites (tertiary alicyclic amines) is 2. The van der Waals surface area contributed by atoms with E-state index in [0.29, 0.717) is 85.8 Å². The summed E-state index contributed by atoms with van der Waals surface area (Å²) in [4.78, 5) is 69.9. The molecule has 4 fully saturated rings. The molecule has 0 radical (unpaired) electrons. The van der Waals surface area contributed by atoms with Gasteiger partial charge in [0.25, 0.3) is 0 Å². The number of imidazole rings is 2. The maximum Gasteiger partial charge on any atom is 0.319 e. The lowest BCUT2D eigenvalue weighted by molar-refractivity contribution is -0.126. The van der Waals surface area contributed by atoms with Crippen molar-refractivity contribution in [2.24, 2.45) is 11.8 Å². The summed E-state index contributed by atoms with van der Waals surface area (Å²) in [6.07, 6.45) is 3.10. The average molecular weight is 1150 g/mol. The number of carbonyl (C=O) groups is 3. The number of rotatable bonds is 18. The van der Waals surface area contributed by atoms with Gasteiger partial charge in [0.2, 0.25) is 23.5 Å². The Morgan fingerprint density at radius 2 is 0.940 bits per heavy atom. The van der Waals surface area contributed by atoms with E-state index in [4.69, 9.17) is 19.9 Å². The fraction of sp³-hybridized carbons (Fsp3) is 0.508. The maximum absolute atomic E-state index is 13.9. The Bertz CT molecular complexity index is 3150. The molecule has 2 aliphatic carbocycles. The number of amides is 4. The number of fused-ring (bicyclic) bond motifs is 2. The van der Waals surface area contributed by atoms with E-state index in [1.165, 1.54) is 12.7 Å². The summed E-state index contributed by atoms with van der Waals surface area (Å²) in [5, 5.41) is 95.3. The molecule has 12 N–H and O–H groups in total. The molecular formula is C59H72N14O11. The van der Waals surface area contributed by atoms with Crippen LogP contribution in [0.5, 0.6) is 0 Å². The summed E-state index contributed by atoms with van der Waals surface area (Å²) in [5.41, 5.74) is 3.40. The minimum atomic E-state index is -1.31. The Morgan fingerprint density at radius 3 is 1.31 bits per heavy atom. The van der Waals surface area contributed by atoms with Crippen LogP contribution in [0.2, 0.25) is 0 Å². The van der Waals surface area contributed by atoms with E-state index in [2.05, 4.69) is 54.9 Å². The van der Waals surface area contributed by atoms with Gasteiger partial charge in [-0.05, 0) is 86.2 Å². The number of urea groups is 1. The van der Waals surface area contributed by atoms with Crippen LogP contribution < -0.4 is 21.3 Å². The van der Waals surface area contributed by atoms with Crippen molar-refractivity contribution >= 4 is 51.8 Å². The van der Waals surface area contributed by atoms with E-state index < -0.39 is 85.7 Å². The van der Waals surface area contributed by atoms with Crippen LogP contribution in [0, 0.1) is 35.5 Å². The predicted molar refractivity (Wildman–Crippen MR) is 306 cm³/mol. The molecule has 4 aromatic heterocycles. The van der Waals surface area contributed by atoms with Crippen LogP contribution in [0.1, 0.15) is 86.2 Å². The highest BCUT2D eigenvalue weighted by atomic mass is 16.3. The Hall–Kier alpha value is -7.85. The SMILES string of the molecule is O=C(CO)N[C@H]1C[C@@H](n2cnc3c(N[C@H](CO)Cc4ccccc4)nc(C#CCC4CCN(C(=O)N5CCC(CC#Cc6nc(N[C@H](CO)Cc7ccccc7)c7ncn([C@@H]8C[C@H](NC(=O)CO)[C@@H](O)[C@H]8O)c7n6)CC5)CC4)nc32)[C@H](O)[C@@H]1O. The van der Waals surface area contributed by atoms with Crippen molar-refractivity contribution in [3.63, 3.8) is 0 Å². The number of piperidine rings is 2. The Labute approximate surface area is 484 Å². The minimum Gasteiger partial charge on any atom is -0.394 e. The van der Waals surface area contributed by atoms with Gasteiger partial charge in [-0.25, -0.2) is 34.7 Å². The lowest BCUT2D eigenvalue weighted by Gasteiger charge is -2.38. The average Bonchev–Trinajstić information content (AvgIpc) is 4.31. The van der Waals surface area contributed by atoms with Crippen molar-refractivity contribution in [2.45, 2.75) is 125 Å². The molecule has 10 atom stereocenters. The molecule has 0 unspecified atom stereocenters. The molecule has 0 bridgehead atoms. The van der Waals surface area contributed by atoms with Crippen molar-refractivity contribution in [3.05, 3.63) is 96.1 Å². The zero-order valence-electron chi connectivity index (χ0n) is 46.4. The van der Waals surface area contributed by atoms with Gasteiger partial charge >= 0.3 is 6.03 Å². The second kappa shape index (κ2) is 27.2. The second-order valence-corrected chi connectivity index (χ2v) is 22.3. The van der Waals surface area contributed by atoms with Gasteiger partial charge in [-0.1, -0.05) is 72.5 Å². The van der Waals surface area contributed by atoms with Crippen LogP contribution in [-0.2, 0) is 22.4 Å². The van der Waals surface area contributed by atoms with Gasteiger partial charge in [-0.2, -0.15) is 0 Å². The van der Waals surface area contributed by atoms with Crippen molar-refractivity contribution < 1.29 is 55.2 Å². The molecule has 84 heavy (non-hydrogen) atoms. The normalized spacial score (nSPS) is 23.6. The van der Waals surface area contributed by atoms with Gasteiger partial charge in [-0.3, -0.25) is 9.59 Å². The van der Waals surface area contributed by atoms with E-state index in [1.807, 2.05) is 70.5 Å². The van der Waals surface area contributed by atoms with E-state index in [1.54, 1.807) is 9.13 Å². The number of nitrogens with one attached hydrogen (secondary N) is 4. The van der Waals surface area contributed by atoms with Crippen LogP contribution in [0.4, 0.5) is 16.4 Å². The van der Waals surface area contributed by atoms with E-state index >= 15 is 0 Å². The third-order valence-electron chi connectivity index (χ3n) is 16.6. The molecule has 4 amide bonds. The molecule has 25 heteroatoms. The molecule has 6 heterocycles. The number of aliphatic hydroxyl groups is 8. The van der Waals surface area contributed by atoms with E-state index in [0.717, 1.165) is 36.8 Å². The molecule has 10 rings (SSSR count). The van der Waals surface area contributed by atoms with Crippen LogP contribution in [0.3, 0.4) is 0 Å². The van der Waals surface area contributed by atoms with Crippen molar-refractivity contribution in [2.75, 3.05) is 63.2 Å². The van der Waals surface area contributed by atoms with Crippen LogP contribution in [-0.4, -0.2) is 209 Å². The molecule has 2 aliphatic heterocycles. The van der Waals surface area contributed by atoms with Crippen molar-refractivity contribution in [1.29, 1.82) is 0 Å². The number of hydrogen-bond acceptors (Lipinski definition) is 19. The van der Waals surface area contributed by atoms with Crippen LogP contribution in [0.15, 0.2) is 73.3 Å². The lowest BCUT2D eigenvalue weighted by atomic mass is 9.93. The number of aliphatic hydroxyl groups excluding tert-OH is 8. The maximum atomic E-state index is 13.9. The Balaban J connectivity index is 0.761. The van der Waals surface area contributed by atoms with Gasteiger partial charge in [0.05, 0.1) is 62.1 Å². The fourth-order valence-corrected chi connectivity index (χ4v) is 11.9. The Morgan fingerprint density at radius 1 is 0.548 bits per heavy atom. The summed E-state index contributed by atoms with van der Waals surface area (Å²) < 4.78 is 3.27. The van der Waals surface area contributed by atoms with Gasteiger partial charge in [-0.15, -0.1) is 0 Å². The molecule has 2 saturated heterocycles. The molecule has 6 aromatic rings. The summed E-state index contributed by atoms with van der Waals surface area (Å²) in [5.74, 6) is 12.9. The zero-order chi connectivity index (χ0) is 58.9. The Kier molecular flexibility index (Phi) is 19.2. The lowest BCUT2D eigenvalue weighted by Crippen LogP contribution is -2.49. The standard InChI is InChI=1S/C59H72N14O11/c74-29-39(25-37-9-3-1-4-10-37)62-55-49-57(72(33-60-49)43-27-41(51(80)53(43)82)64-47(78)31-76)68-45(66-55)15-7-13-35-17-21-70(22-18-35)59(84)71-23-19-36(20-24-71)14-8-16-46-67-56(63-40(30-75)26-38-11-5-2-6-12-38)50-58(69-46)73(34-61-50)44-28-42(52(81)54(44)83)65-48(79)32-77/h1-6,9-12,33-36,39-44,51-54,74-77,80-83H,13-14,17-32H2,(H,64,78)(H,65,79)(H,62,66,68)(H,63,67,69)/t39-,40-,41-,42-,43+,44+,51+,52+,53-,54-/m0/s1. The van der Waals surface area contributed by atoms with E-state index in [-0.39, 0.29) is 55.6 Å². The monoisotopic (exact) mass is 1150 g/mol. The summed E-state index contributed by atoms with van der Waals surface area (Å²) >= 11 is 0. The molecular weight excluding hydrogens is 1080 g/mol. The smallest absolute Gasteiger partial charge is 0.319 e. The van der Waals surface area contributed by atoms with Crippen LogP contribution in [0.25, 0.3) is 22.3 Å². The third-order valence-corrected chi connectivity index (χ3v) is 16.6. The molecule has 2 saturated carbocycles. The molecule has 25 nitrogen and oxygen atoms in total. The third kappa shape index (κ3) is 13.7. The largest absolute Gasteiger partial charge is 0.394 e. The second-order valence-electron chi connectivity index (χ2n) is 22.3. The molecule has 2 aromatic carbocycles. The minimum absolute atomic E-state index is 0.00615. The number of benzene rings is 2. The first kappa shape index (κ1) is 59.3. The van der Waals surface area contributed by atoms with Gasteiger partial charge in [0.1, 0.15) is 37.6 Å². The van der Waals surface area contributed by atoms with Crippen molar-refractivity contribution in [1.82, 2.24) is 59.5 Å². The van der Waals surface area contributed by atoms with Crippen LogP contribution >= 0.6 is 0 Å². The number of aromatic nitrogens is 8. The summed E-state index contributed by atoms with van der Waals surface area (Å²) in [6.45, 7) is 0.372. The zero-order valence-corrected chi connectivity index (χ0v) is 46.4. The molecule has 0 spiro atoms. The van der Waals surface area contributed by atoms with E-state index in [9.17, 15) is 55.2 Å². The quantitative estimate of drug-likeness (QED) is 0.0505. The fourth-order valence-electron chi connectivity index (χ4n) is 11.9. The summed E-state index contributed by atoms with van der Waals surface area (Å²) in [7, 11) is 0. The van der Waals surface area contributed by atoms with Gasteiger partial charge in [0, 0.05) is 39.0 Å². The number of carbonyl (C=O) groups excluding carboxylic acids is 3. The first-order valence-corrected chi connectivity index (χ1v) is 28.7. The highest BCUT2D eigenvalue weighted by molar-refractivity contribution is 5.85. The van der Waals surface area contributed by atoms with Gasteiger partial charge < -0.3 is 81.1 Å². The first-order valence-electron chi connectivity index (χ1n) is 28.7. The topological polar surface area (TPSA) is 355 Å². The number of nitrogens with zero attached hydrogens (tertiary/aromatic N) is 10. The highest BCUT2D eigenvalue weighted by Crippen LogP contribution is 2.36. The highest BCUT2D eigenvalue weighted by Gasteiger charge is 2.45. The molecule has 444 valence electrons. The first-order chi connectivity index (χ1) is 40.8. The van der Waals surface area contributed by atoms with Gasteiger partial charge in [0.15, 0.2) is 34.0 Å². The number of hydrogen-bond donors (Lipinski definition) is 12. The van der Waals surface area contributed by atoms with Crippen molar-refractivity contribution in [3.8, 4) is 23.7 Å². The number of anilines is 2. The summed E-state index contributed by atoms with van der Waals surface area (Å²) in [6, 6.07) is 15.4.